The van der Waals surface area contributed by atoms with Crippen LogP contribution in [0.15, 0.2) is 46.9 Å². The average molecular weight is 380 g/mol. The molecule has 0 saturated carbocycles. The number of carbonyl (C=O) groups excluding carboxylic acids is 1. The van der Waals surface area contributed by atoms with Crippen molar-refractivity contribution in [2.45, 2.75) is 46.1 Å². The van der Waals surface area contributed by atoms with Crippen LogP contribution in [-0.4, -0.2) is 22.3 Å². The largest absolute Gasteiger partial charge is 0.438 e. The van der Waals surface area contributed by atoms with Crippen LogP contribution in [0.1, 0.15) is 52.0 Å². The number of nitrogens with zero attached hydrogens (tertiary/aromatic N) is 2. The predicted molar refractivity (Wildman–Crippen MR) is 107 cm³/mol. The highest BCUT2D eigenvalue weighted by Crippen LogP contribution is 2.36. The third kappa shape index (κ3) is 3.79. The summed E-state index contributed by atoms with van der Waals surface area (Å²) in [4.78, 5) is 19.4. The van der Waals surface area contributed by atoms with Crippen molar-refractivity contribution >= 4 is 17.0 Å². The van der Waals surface area contributed by atoms with Gasteiger partial charge >= 0.3 is 0 Å². The van der Waals surface area contributed by atoms with Gasteiger partial charge in [-0.3, -0.25) is 4.79 Å². The predicted octanol–water partition coefficient (Wildman–Crippen LogP) is 5.73. The van der Waals surface area contributed by atoms with E-state index in [4.69, 9.17) is 9.40 Å². The second-order valence-corrected chi connectivity index (χ2v) is 8.72. The van der Waals surface area contributed by atoms with Crippen molar-refractivity contribution in [2.24, 2.45) is 5.41 Å². The molecule has 4 nitrogen and oxygen atoms in total. The van der Waals surface area contributed by atoms with Gasteiger partial charge in [0.1, 0.15) is 17.4 Å². The molecule has 2 heterocycles. The first kappa shape index (κ1) is 18.7. The van der Waals surface area contributed by atoms with Crippen molar-refractivity contribution in [3.8, 4) is 11.1 Å². The van der Waals surface area contributed by atoms with Gasteiger partial charge in [-0.15, -0.1) is 0 Å². The molecule has 1 saturated heterocycles. The van der Waals surface area contributed by atoms with Crippen molar-refractivity contribution in [3.63, 3.8) is 0 Å². The highest BCUT2D eigenvalue weighted by molar-refractivity contribution is 5.81. The fourth-order valence-corrected chi connectivity index (χ4v) is 3.79. The zero-order valence-corrected chi connectivity index (χ0v) is 16.5. The third-order valence-electron chi connectivity index (χ3n) is 5.12. The van der Waals surface area contributed by atoms with Crippen molar-refractivity contribution < 1.29 is 13.6 Å². The lowest BCUT2D eigenvalue weighted by Gasteiger charge is -2.26. The molecule has 0 N–H and O–H groups in total. The molecule has 1 aromatic heterocycles. The van der Waals surface area contributed by atoms with Gasteiger partial charge in [-0.1, -0.05) is 39.0 Å². The van der Waals surface area contributed by atoms with Gasteiger partial charge in [0.15, 0.2) is 5.58 Å². The third-order valence-corrected chi connectivity index (χ3v) is 5.12. The fourth-order valence-electron chi connectivity index (χ4n) is 3.79. The zero-order valence-electron chi connectivity index (χ0n) is 16.5. The molecule has 0 bridgehead atoms. The number of benzene rings is 2. The van der Waals surface area contributed by atoms with Crippen LogP contribution in [0.25, 0.3) is 22.2 Å². The summed E-state index contributed by atoms with van der Waals surface area (Å²) in [5.41, 5.74) is 3.30. The topological polar surface area (TPSA) is 46.3 Å². The van der Waals surface area contributed by atoms with E-state index in [1.54, 1.807) is 12.1 Å². The second kappa shape index (κ2) is 7.04. The van der Waals surface area contributed by atoms with Crippen molar-refractivity contribution in [1.82, 2.24) is 9.88 Å². The Bertz CT molecular complexity index is 1000. The summed E-state index contributed by atoms with van der Waals surface area (Å²) in [5, 5.41) is 0. The van der Waals surface area contributed by atoms with Crippen molar-refractivity contribution in [3.05, 3.63) is 54.2 Å². The minimum atomic E-state index is -0.255. The van der Waals surface area contributed by atoms with E-state index in [1.165, 1.54) is 12.1 Å². The number of aromatic nitrogens is 1. The van der Waals surface area contributed by atoms with Crippen LogP contribution in [0.4, 0.5) is 4.39 Å². The number of rotatable bonds is 3. The number of fused-ring (bicyclic) bond motifs is 1. The SMILES string of the molecule is CC(C)(C)CC(=O)N1CCCC1c1nc2cc(-c3ccc(F)cc3)ccc2o1. The Kier molecular flexibility index (Phi) is 4.69. The Morgan fingerprint density at radius 2 is 1.89 bits per heavy atom. The molecule has 1 aliphatic rings. The van der Waals surface area contributed by atoms with E-state index in [9.17, 15) is 9.18 Å². The molecule has 0 radical (unpaired) electrons. The van der Waals surface area contributed by atoms with Gasteiger partial charge in [-0.25, -0.2) is 9.37 Å². The molecule has 146 valence electrons. The summed E-state index contributed by atoms with van der Waals surface area (Å²) in [5.74, 6) is 0.505. The normalized spacial score (nSPS) is 17.4. The summed E-state index contributed by atoms with van der Waals surface area (Å²) in [6, 6.07) is 12.1. The van der Waals surface area contributed by atoms with Crippen LogP contribution >= 0.6 is 0 Å². The molecule has 1 unspecified atom stereocenters. The van der Waals surface area contributed by atoms with Crippen molar-refractivity contribution in [1.29, 1.82) is 0 Å². The first-order valence-electron chi connectivity index (χ1n) is 9.76. The Balaban J connectivity index is 1.62. The summed E-state index contributed by atoms with van der Waals surface area (Å²) in [6.07, 6.45) is 2.34. The fraction of sp³-hybridized carbons (Fsp3) is 0.391. The van der Waals surface area contributed by atoms with E-state index in [0.717, 1.165) is 36.0 Å². The van der Waals surface area contributed by atoms with Gasteiger partial charge < -0.3 is 9.32 Å². The van der Waals surface area contributed by atoms with E-state index in [0.29, 0.717) is 17.9 Å². The standard InChI is InChI=1S/C23H25FN2O2/c1-23(2,3)14-21(27)26-12-4-5-19(26)22-25-18-13-16(8-11-20(18)28-22)15-6-9-17(24)10-7-15/h6-11,13,19H,4-5,12,14H2,1-3H3. The Hall–Kier alpha value is -2.69. The monoisotopic (exact) mass is 380 g/mol. The molecule has 1 amide bonds. The maximum atomic E-state index is 13.2. The smallest absolute Gasteiger partial charge is 0.223 e. The van der Waals surface area contributed by atoms with Crippen LogP contribution < -0.4 is 0 Å². The quantitative estimate of drug-likeness (QED) is 0.583. The van der Waals surface area contributed by atoms with E-state index >= 15 is 0 Å². The van der Waals surface area contributed by atoms with Crippen LogP contribution in [0, 0.1) is 11.2 Å². The van der Waals surface area contributed by atoms with Gasteiger partial charge in [0, 0.05) is 13.0 Å². The molecule has 5 heteroatoms. The lowest BCUT2D eigenvalue weighted by atomic mass is 9.91. The zero-order chi connectivity index (χ0) is 19.9. The van der Waals surface area contributed by atoms with Crippen molar-refractivity contribution in [2.75, 3.05) is 6.54 Å². The van der Waals surface area contributed by atoms with Gasteiger partial charge in [-0.05, 0) is 53.6 Å². The summed E-state index contributed by atoms with van der Waals surface area (Å²) >= 11 is 0. The summed E-state index contributed by atoms with van der Waals surface area (Å²) < 4.78 is 19.2. The van der Waals surface area contributed by atoms with Crippen LogP contribution in [0.3, 0.4) is 0 Å². The van der Waals surface area contributed by atoms with Gasteiger partial charge in [0.25, 0.3) is 0 Å². The van der Waals surface area contributed by atoms with E-state index < -0.39 is 0 Å². The minimum Gasteiger partial charge on any atom is -0.438 e. The molecule has 2 aromatic carbocycles. The molecule has 3 aromatic rings. The van der Waals surface area contributed by atoms with Crippen LogP contribution in [0.2, 0.25) is 0 Å². The first-order valence-corrected chi connectivity index (χ1v) is 9.76. The van der Waals surface area contributed by atoms with E-state index in [1.807, 2.05) is 23.1 Å². The minimum absolute atomic E-state index is 0.0460. The average Bonchev–Trinajstić information content (AvgIpc) is 3.27. The number of likely N-dealkylation sites (tertiary alicyclic amines) is 1. The highest BCUT2D eigenvalue weighted by Gasteiger charge is 2.34. The molecule has 1 fully saturated rings. The number of halogens is 1. The molecule has 28 heavy (non-hydrogen) atoms. The molecular weight excluding hydrogens is 355 g/mol. The Morgan fingerprint density at radius 3 is 2.61 bits per heavy atom. The number of oxazole rings is 1. The maximum Gasteiger partial charge on any atom is 0.223 e. The molecular formula is C23H25FN2O2. The molecule has 0 spiro atoms. The molecule has 1 aliphatic heterocycles. The summed E-state index contributed by atoms with van der Waals surface area (Å²) in [7, 11) is 0. The highest BCUT2D eigenvalue weighted by atomic mass is 19.1. The van der Waals surface area contributed by atoms with Gasteiger partial charge in [0.2, 0.25) is 11.8 Å². The molecule has 4 rings (SSSR count). The lowest BCUT2D eigenvalue weighted by Crippen LogP contribution is -2.33. The van der Waals surface area contributed by atoms with E-state index in [-0.39, 0.29) is 23.2 Å². The number of carbonyl (C=O) groups is 1. The maximum absolute atomic E-state index is 13.2. The van der Waals surface area contributed by atoms with Crippen LogP contribution in [0.5, 0.6) is 0 Å². The number of hydrogen-bond donors (Lipinski definition) is 0. The number of hydrogen-bond acceptors (Lipinski definition) is 3. The summed E-state index contributed by atoms with van der Waals surface area (Å²) in [6.45, 7) is 6.98. The molecule has 1 atom stereocenters. The number of amides is 1. The first-order chi connectivity index (χ1) is 13.3. The Morgan fingerprint density at radius 1 is 1.18 bits per heavy atom. The van der Waals surface area contributed by atoms with Crippen LogP contribution in [-0.2, 0) is 4.79 Å². The lowest BCUT2D eigenvalue weighted by molar-refractivity contribution is -0.134. The Labute approximate surface area is 164 Å². The second-order valence-electron chi connectivity index (χ2n) is 8.72. The van der Waals surface area contributed by atoms with E-state index in [2.05, 4.69) is 20.8 Å². The molecule has 0 aliphatic carbocycles. The van der Waals surface area contributed by atoms with Gasteiger partial charge in [-0.2, -0.15) is 0 Å². The van der Waals surface area contributed by atoms with Gasteiger partial charge in [0.05, 0.1) is 0 Å².